The first-order valence-electron chi connectivity index (χ1n) is 5.97. The van der Waals surface area contributed by atoms with Crippen molar-refractivity contribution >= 4 is 5.82 Å². The summed E-state index contributed by atoms with van der Waals surface area (Å²) in [5, 5.41) is 4.45. The van der Waals surface area contributed by atoms with Crippen molar-refractivity contribution in [3.63, 3.8) is 0 Å². The van der Waals surface area contributed by atoms with E-state index in [9.17, 15) is 0 Å². The van der Waals surface area contributed by atoms with Crippen LogP contribution in [0.1, 0.15) is 5.56 Å². The van der Waals surface area contributed by atoms with Gasteiger partial charge < -0.3 is 10.2 Å². The maximum absolute atomic E-state index is 6.11. The van der Waals surface area contributed by atoms with E-state index in [0.717, 1.165) is 28.3 Å². The fraction of sp³-hybridized carbons (Fsp3) is 0.143. The molecule has 0 bridgehead atoms. The Morgan fingerprint density at radius 3 is 2.74 bits per heavy atom. The molecule has 0 fully saturated rings. The summed E-state index contributed by atoms with van der Waals surface area (Å²) >= 11 is 0. The van der Waals surface area contributed by atoms with Crippen LogP contribution in [0.25, 0.3) is 22.7 Å². The highest BCUT2D eigenvalue weighted by atomic mass is 16.3. The third-order valence-electron chi connectivity index (χ3n) is 3.09. The minimum absolute atomic E-state index is 0.574. The Morgan fingerprint density at radius 1 is 1.26 bits per heavy atom. The third kappa shape index (κ3) is 1.79. The molecule has 3 heterocycles. The molecule has 3 aromatic heterocycles. The molecule has 96 valence electrons. The first-order chi connectivity index (χ1) is 9.18. The second kappa shape index (κ2) is 4.28. The van der Waals surface area contributed by atoms with Gasteiger partial charge in [-0.2, -0.15) is 5.10 Å². The molecular weight excluding hydrogens is 240 g/mol. The van der Waals surface area contributed by atoms with Gasteiger partial charge in [0.25, 0.3) is 0 Å². The number of rotatable bonds is 2. The molecule has 5 heteroatoms. The van der Waals surface area contributed by atoms with Crippen LogP contribution < -0.4 is 5.73 Å². The Kier molecular flexibility index (Phi) is 2.59. The van der Waals surface area contributed by atoms with E-state index in [1.807, 2.05) is 38.2 Å². The van der Waals surface area contributed by atoms with Crippen molar-refractivity contribution in [3.8, 4) is 22.7 Å². The third-order valence-corrected chi connectivity index (χ3v) is 3.09. The van der Waals surface area contributed by atoms with Crippen molar-refractivity contribution in [3.05, 3.63) is 42.3 Å². The number of nitrogen functional groups attached to an aromatic ring is 1. The Morgan fingerprint density at radius 2 is 2.11 bits per heavy atom. The fourth-order valence-corrected chi connectivity index (χ4v) is 2.07. The van der Waals surface area contributed by atoms with E-state index in [4.69, 9.17) is 10.2 Å². The normalized spacial score (nSPS) is 10.8. The number of hydrogen-bond acceptors (Lipinski definition) is 4. The van der Waals surface area contributed by atoms with Crippen molar-refractivity contribution in [1.29, 1.82) is 0 Å². The lowest BCUT2D eigenvalue weighted by Crippen LogP contribution is -1.98. The van der Waals surface area contributed by atoms with Gasteiger partial charge in [0.15, 0.2) is 5.76 Å². The molecule has 0 aliphatic heterocycles. The van der Waals surface area contributed by atoms with E-state index in [-0.39, 0.29) is 0 Å². The average Bonchev–Trinajstić information content (AvgIpc) is 2.96. The predicted octanol–water partition coefficient (Wildman–Crippen LogP) is 2.63. The lowest BCUT2D eigenvalue weighted by atomic mass is 10.1. The highest BCUT2D eigenvalue weighted by Gasteiger charge is 2.21. The van der Waals surface area contributed by atoms with Gasteiger partial charge in [0.05, 0.1) is 17.5 Å². The van der Waals surface area contributed by atoms with Gasteiger partial charge >= 0.3 is 0 Å². The number of furan rings is 1. The lowest BCUT2D eigenvalue weighted by molar-refractivity contribution is 0.576. The van der Waals surface area contributed by atoms with E-state index in [1.54, 1.807) is 17.1 Å². The van der Waals surface area contributed by atoms with Gasteiger partial charge in [-0.3, -0.25) is 9.67 Å². The zero-order chi connectivity index (χ0) is 13.4. The SMILES string of the molecule is Cc1ccoc1-c1nn(C)c(N)c1-c1ccccn1. The van der Waals surface area contributed by atoms with Crippen molar-refractivity contribution in [2.75, 3.05) is 5.73 Å². The monoisotopic (exact) mass is 254 g/mol. The van der Waals surface area contributed by atoms with Gasteiger partial charge in [0, 0.05) is 13.2 Å². The Hall–Kier alpha value is -2.56. The molecule has 3 aromatic rings. The molecule has 0 aliphatic carbocycles. The smallest absolute Gasteiger partial charge is 0.157 e. The van der Waals surface area contributed by atoms with Gasteiger partial charge in [-0.1, -0.05) is 6.07 Å². The summed E-state index contributed by atoms with van der Waals surface area (Å²) in [6.45, 7) is 1.98. The zero-order valence-corrected chi connectivity index (χ0v) is 10.8. The molecule has 0 atom stereocenters. The van der Waals surface area contributed by atoms with Gasteiger partial charge in [0.2, 0.25) is 0 Å². The van der Waals surface area contributed by atoms with Crippen LogP contribution in [-0.4, -0.2) is 14.8 Å². The van der Waals surface area contributed by atoms with E-state index >= 15 is 0 Å². The lowest BCUT2D eigenvalue weighted by Gasteiger charge is -2.02. The molecule has 0 radical (unpaired) electrons. The van der Waals surface area contributed by atoms with E-state index < -0.39 is 0 Å². The van der Waals surface area contributed by atoms with Crippen LogP contribution in [0.3, 0.4) is 0 Å². The van der Waals surface area contributed by atoms with E-state index in [1.165, 1.54) is 0 Å². The maximum Gasteiger partial charge on any atom is 0.157 e. The Balaban J connectivity index is 2.28. The fourth-order valence-electron chi connectivity index (χ4n) is 2.07. The Bertz CT molecular complexity index is 712. The van der Waals surface area contributed by atoms with Crippen LogP contribution in [-0.2, 0) is 7.05 Å². The summed E-state index contributed by atoms with van der Waals surface area (Å²) in [6.07, 6.45) is 3.39. The van der Waals surface area contributed by atoms with Crippen LogP contribution >= 0.6 is 0 Å². The van der Waals surface area contributed by atoms with Crippen LogP contribution in [0.4, 0.5) is 5.82 Å². The molecule has 0 saturated heterocycles. The summed E-state index contributed by atoms with van der Waals surface area (Å²) in [5.41, 5.74) is 9.45. The summed E-state index contributed by atoms with van der Waals surface area (Å²) in [7, 11) is 1.81. The zero-order valence-electron chi connectivity index (χ0n) is 10.8. The number of anilines is 1. The standard InChI is InChI=1S/C14H14N4O/c1-9-6-8-19-13(9)12-11(14(15)18(2)17-12)10-5-3-4-7-16-10/h3-8H,15H2,1-2H3. The van der Waals surface area contributed by atoms with Gasteiger partial charge in [-0.05, 0) is 30.7 Å². The number of hydrogen-bond donors (Lipinski definition) is 1. The van der Waals surface area contributed by atoms with Crippen molar-refractivity contribution in [2.24, 2.45) is 7.05 Å². The van der Waals surface area contributed by atoms with Crippen molar-refractivity contribution in [1.82, 2.24) is 14.8 Å². The summed E-state index contributed by atoms with van der Waals surface area (Å²) in [4.78, 5) is 4.35. The van der Waals surface area contributed by atoms with Gasteiger partial charge in [0.1, 0.15) is 11.5 Å². The molecule has 3 rings (SSSR count). The predicted molar refractivity (Wildman–Crippen MR) is 73.3 cm³/mol. The minimum Gasteiger partial charge on any atom is -0.462 e. The molecule has 0 aromatic carbocycles. The summed E-state index contributed by atoms with van der Waals surface area (Å²) < 4.78 is 7.16. The molecule has 0 aliphatic rings. The number of aromatic nitrogens is 3. The maximum atomic E-state index is 6.11. The number of nitrogens with zero attached hydrogens (tertiary/aromatic N) is 3. The molecule has 19 heavy (non-hydrogen) atoms. The molecule has 2 N–H and O–H groups in total. The first-order valence-corrected chi connectivity index (χ1v) is 5.97. The molecule has 5 nitrogen and oxygen atoms in total. The van der Waals surface area contributed by atoms with Gasteiger partial charge in [-0.25, -0.2) is 0 Å². The summed E-state index contributed by atoms with van der Waals surface area (Å²) in [5.74, 6) is 1.30. The van der Waals surface area contributed by atoms with Crippen LogP contribution in [0.15, 0.2) is 41.1 Å². The second-order valence-corrected chi connectivity index (χ2v) is 4.38. The highest BCUT2D eigenvalue weighted by Crippen LogP contribution is 2.36. The number of pyridine rings is 1. The van der Waals surface area contributed by atoms with Crippen molar-refractivity contribution in [2.45, 2.75) is 6.92 Å². The molecular formula is C14H14N4O. The number of nitrogens with two attached hydrogens (primary N) is 1. The van der Waals surface area contributed by atoms with E-state index in [2.05, 4.69) is 10.1 Å². The van der Waals surface area contributed by atoms with Crippen LogP contribution in [0.2, 0.25) is 0 Å². The van der Waals surface area contributed by atoms with Crippen molar-refractivity contribution < 1.29 is 4.42 Å². The summed E-state index contributed by atoms with van der Waals surface area (Å²) in [6, 6.07) is 7.61. The van der Waals surface area contributed by atoms with Crippen LogP contribution in [0, 0.1) is 6.92 Å². The average molecular weight is 254 g/mol. The Labute approximate surface area is 110 Å². The van der Waals surface area contributed by atoms with Crippen LogP contribution in [0.5, 0.6) is 0 Å². The van der Waals surface area contributed by atoms with E-state index in [0.29, 0.717) is 5.82 Å². The molecule has 0 amide bonds. The quantitative estimate of drug-likeness (QED) is 0.763. The first kappa shape index (κ1) is 11.5. The topological polar surface area (TPSA) is 69.9 Å². The molecule has 0 unspecified atom stereocenters. The largest absolute Gasteiger partial charge is 0.462 e. The molecule has 0 saturated carbocycles. The highest BCUT2D eigenvalue weighted by molar-refractivity contribution is 5.85. The molecule has 0 spiro atoms. The number of aryl methyl sites for hydroxylation is 2. The second-order valence-electron chi connectivity index (χ2n) is 4.38. The minimum atomic E-state index is 0.574. The van der Waals surface area contributed by atoms with Gasteiger partial charge in [-0.15, -0.1) is 0 Å².